The van der Waals surface area contributed by atoms with Crippen molar-refractivity contribution in [2.75, 3.05) is 20.1 Å². The third-order valence-electron chi connectivity index (χ3n) is 4.40. The van der Waals surface area contributed by atoms with Crippen LogP contribution in [0, 0.1) is 5.92 Å². The van der Waals surface area contributed by atoms with Gasteiger partial charge in [-0.1, -0.05) is 48.6 Å². The topological polar surface area (TPSA) is 32.3 Å². The Balaban J connectivity index is 1.80. The molecule has 21 heavy (non-hydrogen) atoms. The SMILES string of the molecule is CNC(=O)C1CN(C(C2=CC=CCC2)c2ccccc2)C1. The molecule has 1 aromatic carbocycles. The molecule has 110 valence electrons. The van der Waals surface area contributed by atoms with Crippen molar-refractivity contribution in [3.63, 3.8) is 0 Å². The number of carbonyl (C=O) groups excluding carboxylic acids is 1. The van der Waals surface area contributed by atoms with Gasteiger partial charge in [0.05, 0.1) is 12.0 Å². The highest BCUT2D eigenvalue weighted by Gasteiger charge is 2.38. The molecule has 1 aromatic rings. The number of likely N-dealkylation sites (tertiary alicyclic amines) is 1. The first kappa shape index (κ1) is 14.1. The zero-order chi connectivity index (χ0) is 14.7. The predicted octanol–water partition coefficient (Wildman–Crippen LogP) is 2.68. The van der Waals surface area contributed by atoms with Crippen LogP contribution < -0.4 is 5.32 Å². The minimum atomic E-state index is 0.140. The van der Waals surface area contributed by atoms with E-state index in [1.165, 1.54) is 11.1 Å². The van der Waals surface area contributed by atoms with Crippen molar-refractivity contribution in [2.24, 2.45) is 5.92 Å². The maximum Gasteiger partial charge on any atom is 0.225 e. The molecule has 2 aliphatic rings. The molecule has 3 nitrogen and oxygen atoms in total. The van der Waals surface area contributed by atoms with Crippen molar-refractivity contribution in [1.29, 1.82) is 0 Å². The molecule has 1 saturated heterocycles. The van der Waals surface area contributed by atoms with Crippen LogP contribution in [0.2, 0.25) is 0 Å². The molecule has 0 radical (unpaired) electrons. The van der Waals surface area contributed by atoms with E-state index in [0.717, 1.165) is 25.9 Å². The Kier molecular flexibility index (Phi) is 4.20. The Labute approximate surface area is 126 Å². The molecule has 1 heterocycles. The van der Waals surface area contributed by atoms with Gasteiger partial charge in [0.25, 0.3) is 0 Å². The molecular formula is C18H22N2O. The van der Waals surface area contributed by atoms with E-state index < -0.39 is 0 Å². The molecule has 3 rings (SSSR count). The van der Waals surface area contributed by atoms with Gasteiger partial charge in [0.2, 0.25) is 5.91 Å². The molecule has 0 aromatic heterocycles. The number of hydrogen-bond acceptors (Lipinski definition) is 2. The van der Waals surface area contributed by atoms with Gasteiger partial charge in [-0.25, -0.2) is 0 Å². The number of benzene rings is 1. The fourth-order valence-corrected chi connectivity index (χ4v) is 3.24. The highest BCUT2D eigenvalue weighted by atomic mass is 16.1. The molecule has 1 amide bonds. The lowest BCUT2D eigenvalue weighted by Crippen LogP contribution is -2.54. The smallest absolute Gasteiger partial charge is 0.225 e. The Morgan fingerprint density at radius 3 is 2.67 bits per heavy atom. The Morgan fingerprint density at radius 2 is 2.05 bits per heavy atom. The maximum atomic E-state index is 11.7. The number of carbonyl (C=O) groups is 1. The molecule has 0 spiro atoms. The lowest BCUT2D eigenvalue weighted by Gasteiger charge is -2.44. The van der Waals surface area contributed by atoms with Gasteiger partial charge >= 0.3 is 0 Å². The monoisotopic (exact) mass is 282 g/mol. The lowest BCUT2D eigenvalue weighted by atomic mass is 9.86. The minimum absolute atomic E-state index is 0.140. The molecule has 3 heteroatoms. The van der Waals surface area contributed by atoms with E-state index in [9.17, 15) is 4.79 Å². The van der Waals surface area contributed by atoms with Crippen LogP contribution in [0.15, 0.2) is 54.1 Å². The van der Waals surface area contributed by atoms with E-state index >= 15 is 0 Å². The number of amides is 1. The van der Waals surface area contributed by atoms with Crippen LogP contribution in [0.5, 0.6) is 0 Å². The van der Waals surface area contributed by atoms with E-state index in [-0.39, 0.29) is 11.8 Å². The summed E-state index contributed by atoms with van der Waals surface area (Å²) in [5.41, 5.74) is 2.79. The van der Waals surface area contributed by atoms with Gasteiger partial charge in [-0.05, 0) is 24.0 Å². The average Bonchev–Trinajstić information content (AvgIpc) is 2.51. The highest BCUT2D eigenvalue weighted by Crippen LogP contribution is 2.37. The number of allylic oxidation sites excluding steroid dienone is 3. The van der Waals surface area contributed by atoms with Crippen molar-refractivity contribution < 1.29 is 4.79 Å². The summed E-state index contributed by atoms with van der Waals surface area (Å²) in [6, 6.07) is 10.9. The summed E-state index contributed by atoms with van der Waals surface area (Å²) >= 11 is 0. The quantitative estimate of drug-likeness (QED) is 0.921. The summed E-state index contributed by atoms with van der Waals surface area (Å²) in [7, 11) is 1.72. The van der Waals surface area contributed by atoms with E-state index in [1.54, 1.807) is 7.05 Å². The maximum absolute atomic E-state index is 11.7. The normalized spacial score (nSPS) is 20.5. The fourth-order valence-electron chi connectivity index (χ4n) is 3.24. The first-order valence-corrected chi connectivity index (χ1v) is 7.66. The van der Waals surface area contributed by atoms with Crippen LogP contribution in [0.1, 0.15) is 24.4 Å². The van der Waals surface area contributed by atoms with Crippen molar-refractivity contribution in [3.8, 4) is 0 Å². The van der Waals surface area contributed by atoms with Crippen molar-refractivity contribution >= 4 is 5.91 Å². The number of nitrogens with zero attached hydrogens (tertiary/aromatic N) is 1. The first-order valence-electron chi connectivity index (χ1n) is 7.66. The lowest BCUT2D eigenvalue weighted by molar-refractivity contribution is -0.130. The summed E-state index contributed by atoms with van der Waals surface area (Å²) < 4.78 is 0. The molecule has 1 aliphatic carbocycles. The molecule has 1 atom stereocenters. The van der Waals surface area contributed by atoms with E-state index in [1.807, 2.05) is 0 Å². The Hall–Kier alpha value is -1.87. The zero-order valence-corrected chi connectivity index (χ0v) is 12.5. The van der Waals surface area contributed by atoms with Crippen LogP contribution in [0.3, 0.4) is 0 Å². The third kappa shape index (κ3) is 2.93. The standard InChI is InChI=1S/C18H22N2O/c1-19-18(21)16-12-20(13-16)17(14-8-4-2-5-9-14)15-10-6-3-7-11-15/h2-6,8-10,16-17H,7,11-13H2,1H3,(H,19,21). The van der Waals surface area contributed by atoms with E-state index in [2.05, 4.69) is 58.8 Å². The Bertz CT molecular complexity index is 556. The van der Waals surface area contributed by atoms with Gasteiger partial charge in [0.15, 0.2) is 0 Å². The molecule has 1 fully saturated rings. The first-order chi connectivity index (χ1) is 10.3. The summed E-state index contributed by atoms with van der Waals surface area (Å²) in [5, 5.41) is 2.75. The van der Waals surface area contributed by atoms with Gasteiger partial charge in [-0.15, -0.1) is 0 Å². The second-order valence-corrected chi connectivity index (χ2v) is 5.79. The molecular weight excluding hydrogens is 260 g/mol. The largest absolute Gasteiger partial charge is 0.359 e. The zero-order valence-electron chi connectivity index (χ0n) is 12.5. The van der Waals surface area contributed by atoms with Crippen LogP contribution >= 0.6 is 0 Å². The van der Waals surface area contributed by atoms with E-state index in [0.29, 0.717) is 6.04 Å². The second-order valence-electron chi connectivity index (χ2n) is 5.79. The van der Waals surface area contributed by atoms with Crippen LogP contribution in [-0.2, 0) is 4.79 Å². The molecule has 1 unspecified atom stereocenters. The van der Waals surface area contributed by atoms with E-state index in [4.69, 9.17) is 0 Å². The number of rotatable bonds is 4. The van der Waals surface area contributed by atoms with Crippen molar-refractivity contribution in [3.05, 3.63) is 59.7 Å². The van der Waals surface area contributed by atoms with Crippen LogP contribution in [-0.4, -0.2) is 30.9 Å². The summed E-state index contributed by atoms with van der Waals surface area (Å²) in [6.07, 6.45) is 8.84. The second kappa shape index (κ2) is 6.27. The fraction of sp³-hybridized carbons (Fsp3) is 0.389. The number of hydrogen-bond donors (Lipinski definition) is 1. The highest BCUT2D eigenvalue weighted by molar-refractivity contribution is 5.79. The van der Waals surface area contributed by atoms with Crippen LogP contribution in [0.25, 0.3) is 0 Å². The van der Waals surface area contributed by atoms with Crippen LogP contribution in [0.4, 0.5) is 0 Å². The van der Waals surface area contributed by atoms with Gasteiger partial charge in [0, 0.05) is 20.1 Å². The van der Waals surface area contributed by atoms with Crippen molar-refractivity contribution in [1.82, 2.24) is 10.2 Å². The van der Waals surface area contributed by atoms with Crippen molar-refractivity contribution in [2.45, 2.75) is 18.9 Å². The predicted molar refractivity (Wildman–Crippen MR) is 84.8 cm³/mol. The molecule has 0 bridgehead atoms. The Morgan fingerprint density at radius 1 is 1.29 bits per heavy atom. The third-order valence-corrected chi connectivity index (χ3v) is 4.40. The van der Waals surface area contributed by atoms with Gasteiger partial charge in [0.1, 0.15) is 0 Å². The van der Waals surface area contributed by atoms with Gasteiger partial charge < -0.3 is 5.32 Å². The summed E-state index contributed by atoms with van der Waals surface area (Å²) in [6.45, 7) is 1.70. The molecule has 0 saturated carbocycles. The molecule has 1 N–H and O–H groups in total. The minimum Gasteiger partial charge on any atom is -0.359 e. The molecule has 1 aliphatic heterocycles. The van der Waals surface area contributed by atoms with Gasteiger partial charge in [-0.3, -0.25) is 9.69 Å². The number of nitrogens with one attached hydrogen (secondary N) is 1. The summed E-state index contributed by atoms with van der Waals surface area (Å²) in [5.74, 6) is 0.302. The summed E-state index contributed by atoms with van der Waals surface area (Å²) in [4.78, 5) is 14.1. The van der Waals surface area contributed by atoms with Gasteiger partial charge in [-0.2, -0.15) is 0 Å². The average molecular weight is 282 g/mol.